The largest absolute Gasteiger partial charge is 0.364 e. The zero-order valence-corrected chi connectivity index (χ0v) is 12.0. The van der Waals surface area contributed by atoms with Gasteiger partial charge in [-0.1, -0.05) is 0 Å². The third kappa shape index (κ3) is 3.08. The van der Waals surface area contributed by atoms with Crippen molar-refractivity contribution in [3.05, 3.63) is 56.0 Å². The van der Waals surface area contributed by atoms with Gasteiger partial charge in [0.25, 0.3) is 5.91 Å². The number of aromatic nitrogens is 2. The van der Waals surface area contributed by atoms with Crippen molar-refractivity contribution in [3.63, 3.8) is 0 Å². The van der Waals surface area contributed by atoms with Crippen LogP contribution in [0.25, 0.3) is 0 Å². The number of pyridine rings is 2. The quantitative estimate of drug-likeness (QED) is 0.891. The zero-order chi connectivity index (χ0) is 14.0. The monoisotopic (exact) mass is 321 g/mol. The van der Waals surface area contributed by atoms with Gasteiger partial charge in [-0.3, -0.25) is 9.59 Å². The van der Waals surface area contributed by atoms with Crippen molar-refractivity contribution in [1.29, 1.82) is 0 Å². The molecule has 0 aromatic carbocycles. The number of aryl methyl sites for hydroxylation is 2. The van der Waals surface area contributed by atoms with Gasteiger partial charge in [-0.15, -0.1) is 0 Å². The summed E-state index contributed by atoms with van der Waals surface area (Å²) in [4.78, 5) is 30.7. The number of rotatable bonds is 2. The van der Waals surface area contributed by atoms with E-state index < -0.39 is 5.91 Å². The Morgan fingerprint density at radius 1 is 1.37 bits per heavy atom. The van der Waals surface area contributed by atoms with Crippen LogP contribution < -0.4 is 10.7 Å². The van der Waals surface area contributed by atoms with E-state index in [1.807, 2.05) is 6.92 Å². The highest BCUT2D eigenvalue weighted by atomic mass is 79.9. The van der Waals surface area contributed by atoms with Gasteiger partial charge in [0.2, 0.25) is 0 Å². The van der Waals surface area contributed by atoms with Crippen LogP contribution in [0.4, 0.5) is 5.82 Å². The van der Waals surface area contributed by atoms with E-state index in [-0.39, 0.29) is 11.0 Å². The number of H-pyrrole nitrogens is 1. The van der Waals surface area contributed by atoms with Crippen molar-refractivity contribution < 1.29 is 4.79 Å². The molecule has 1 amide bonds. The standard InChI is InChI=1S/C13H12BrN3O2/c1-7-5-11(18)9(6-15-7)13(19)17-12-4-3-10(14)8(2)16-12/h3-6H,1-2H3,(H,15,18)(H,16,17,19). The van der Waals surface area contributed by atoms with Crippen molar-refractivity contribution in [3.8, 4) is 0 Å². The van der Waals surface area contributed by atoms with Crippen LogP contribution in [-0.4, -0.2) is 15.9 Å². The van der Waals surface area contributed by atoms with Crippen molar-refractivity contribution in [2.75, 3.05) is 5.32 Å². The average molecular weight is 322 g/mol. The minimum atomic E-state index is -0.476. The third-order valence-corrected chi connectivity index (χ3v) is 3.40. The molecule has 0 bridgehead atoms. The molecule has 98 valence electrons. The lowest BCUT2D eigenvalue weighted by Gasteiger charge is -2.06. The highest BCUT2D eigenvalue weighted by molar-refractivity contribution is 9.10. The van der Waals surface area contributed by atoms with E-state index in [9.17, 15) is 9.59 Å². The molecule has 0 aliphatic rings. The molecule has 0 atom stereocenters. The van der Waals surface area contributed by atoms with E-state index in [2.05, 4.69) is 31.2 Å². The number of nitrogens with zero attached hydrogens (tertiary/aromatic N) is 1. The molecular formula is C13H12BrN3O2. The minimum Gasteiger partial charge on any atom is -0.364 e. The van der Waals surface area contributed by atoms with Crippen LogP contribution in [0.1, 0.15) is 21.7 Å². The number of halogens is 1. The van der Waals surface area contributed by atoms with E-state index in [1.54, 1.807) is 19.1 Å². The molecule has 0 saturated carbocycles. The van der Waals surface area contributed by atoms with Gasteiger partial charge >= 0.3 is 0 Å². The summed E-state index contributed by atoms with van der Waals surface area (Å²) in [6, 6.07) is 4.84. The normalized spacial score (nSPS) is 10.3. The van der Waals surface area contributed by atoms with Crippen LogP contribution in [0.5, 0.6) is 0 Å². The molecule has 0 aliphatic carbocycles. The van der Waals surface area contributed by atoms with Crippen LogP contribution in [0, 0.1) is 13.8 Å². The first kappa shape index (κ1) is 13.5. The van der Waals surface area contributed by atoms with Crippen LogP contribution in [0.2, 0.25) is 0 Å². The molecule has 2 aromatic heterocycles. The van der Waals surface area contributed by atoms with E-state index in [0.29, 0.717) is 11.5 Å². The molecule has 2 N–H and O–H groups in total. The minimum absolute atomic E-state index is 0.0629. The molecule has 19 heavy (non-hydrogen) atoms. The molecule has 0 spiro atoms. The number of hydrogen-bond acceptors (Lipinski definition) is 3. The molecule has 0 fully saturated rings. The van der Waals surface area contributed by atoms with Crippen LogP contribution in [-0.2, 0) is 0 Å². The van der Waals surface area contributed by atoms with Gasteiger partial charge in [0, 0.05) is 22.4 Å². The van der Waals surface area contributed by atoms with E-state index in [4.69, 9.17) is 0 Å². The number of amides is 1. The Morgan fingerprint density at radius 3 is 2.74 bits per heavy atom. The van der Waals surface area contributed by atoms with Gasteiger partial charge in [-0.05, 0) is 41.9 Å². The lowest BCUT2D eigenvalue weighted by Crippen LogP contribution is -2.22. The summed E-state index contributed by atoms with van der Waals surface area (Å²) >= 11 is 3.33. The lowest BCUT2D eigenvalue weighted by atomic mass is 10.2. The fourth-order valence-electron chi connectivity index (χ4n) is 1.55. The Balaban J connectivity index is 2.25. The van der Waals surface area contributed by atoms with Gasteiger partial charge in [0.15, 0.2) is 5.43 Å². The first-order valence-corrected chi connectivity index (χ1v) is 6.40. The van der Waals surface area contributed by atoms with Gasteiger partial charge in [-0.2, -0.15) is 0 Å². The number of carbonyl (C=O) groups is 1. The first-order chi connectivity index (χ1) is 8.97. The molecular weight excluding hydrogens is 310 g/mol. The Hall–Kier alpha value is -1.95. The Bertz CT molecular complexity index is 695. The van der Waals surface area contributed by atoms with Crippen molar-refractivity contribution in [2.24, 2.45) is 0 Å². The third-order valence-electron chi connectivity index (χ3n) is 2.56. The van der Waals surface area contributed by atoms with E-state index >= 15 is 0 Å². The number of carbonyl (C=O) groups excluding carboxylic acids is 1. The predicted molar refractivity (Wildman–Crippen MR) is 76.4 cm³/mol. The van der Waals surface area contributed by atoms with Crippen LogP contribution in [0.3, 0.4) is 0 Å². The number of aromatic amines is 1. The second-order valence-corrected chi connectivity index (χ2v) is 4.97. The van der Waals surface area contributed by atoms with Crippen molar-refractivity contribution in [2.45, 2.75) is 13.8 Å². The maximum Gasteiger partial charge on any atom is 0.262 e. The first-order valence-electron chi connectivity index (χ1n) is 5.61. The summed E-state index contributed by atoms with van der Waals surface area (Å²) in [5.74, 6) is -0.0684. The fraction of sp³-hybridized carbons (Fsp3) is 0.154. The van der Waals surface area contributed by atoms with Gasteiger partial charge in [-0.25, -0.2) is 4.98 Å². The second-order valence-electron chi connectivity index (χ2n) is 4.11. The summed E-state index contributed by atoms with van der Waals surface area (Å²) in [6.07, 6.45) is 1.40. The Labute approximate surface area is 118 Å². The van der Waals surface area contributed by atoms with Crippen molar-refractivity contribution >= 4 is 27.7 Å². The van der Waals surface area contributed by atoms with Crippen molar-refractivity contribution in [1.82, 2.24) is 9.97 Å². The highest BCUT2D eigenvalue weighted by Gasteiger charge is 2.11. The van der Waals surface area contributed by atoms with E-state index in [1.165, 1.54) is 12.3 Å². The molecule has 2 rings (SSSR count). The number of nitrogens with one attached hydrogen (secondary N) is 2. The number of anilines is 1. The zero-order valence-electron chi connectivity index (χ0n) is 10.5. The predicted octanol–water partition coefficient (Wildman–Crippen LogP) is 2.40. The lowest BCUT2D eigenvalue weighted by molar-refractivity contribution is 0.102. The summed E-state index contributed by atoms with van der Waals surface area (Å²) in [5.41, 5.74) is 1.21. The fourth-order valence-corrected chi connectivity index (χ4v) is 1.77. The molecule has 0 saturated heterocycles. The van der Waals surface area contributed by atoms with Gasteiger partial charge < -0.3 is 10.3 Å². The average Bonchev–Trinajstić information content (AvgIpc) is 2.33. The Morgan fingerprint density at radius 2 is 2.11 bits per heavy atom. The molecule has 0 aliphatic heterocycles. The summed E-state index contributed by atoms with van der Waals surface area (Å²) in [6.45, 7) is 3.57. The molecule has 5 nitrogen and oxygen atoms in total. The Kier molecular flexibility index (Phi) is 3.80. The maximum absolute atomic E-state index is 12.0. The molecule has 0 unspecified atom stereocenters. The summed E-state index contributed by atoms with van der Waals surface area (Å²) in [7, 11) is 0. The molecule has 0 radical (unpaired) electrons. The summed E-state index contributed by atoms with van der Waals surface area (Å²) < 4.78 is 0.860. The van der Waals surface area contributed by atoms with Gasteiger partial charge in [0.1, 0.15) is 11.4 Å². The maximum atomic E-state index is 12.0. The summed E-state index contributed by atoms with van der Waals surface area (Å²) in [5, 5.41) is 2.60. The second kappa shape index (κ2) is 5.36. The molecule has 2 aromatic rings. The molecule has 2 heterocycles. The smallest absolute Gasteiger partial charge is 0.262 e. The van der Waals surface area contributed by atoms with E-state index in [0.717, 1.165) is 10.2 Å². The van der Waals surface area contributed by atoms with Crippen LogP contribution >= 0.6 is 15.9 Å². The SMILES string of the molecule is Cc1cc(=O)c(C(=O)Nc2ccc(Br)c(C)n2)c[nH]1. The highest BCUT2D eigenvalue weighted by Crippen LogP contribution is 2.16. The molecule has 6 heteroatoms. The van der Waals surface area contributed by atoms with Gasteiger partial charge in [0.05, 0.1) is 5.69 Å². The van der Waals surface area contributed by atoms with Crippen LogP contribution in [0.15, 0.2) is 33.7 Å². The number of hydrogen-bond donors (Lipinski definition) is 2. The topological polar surface area (TPSA) is 74.8 Å².